The third-order valence-corrected chi connectivity index (χ3v) is 9.33. The Balaban J connectivity index is 1.44. The maximum atomic E-state index is 13.7. The van der Waals surface area contributed by atoms with Crippen molar-refractivity contribution < 1.29 is 30.8 Å². The van der Waals surface area contributed by atoms with Crippen molar-refractivity contribution >= 4 is 38.5 Å². The smallest absolute Gasteiger partial charge is 0.297 e. The molecule has 1 fully saturated rings. The van der Waals surface area contributed by atoms with Crippen LogP contribution in [0.25, 0.3) is 33.6 Å². The van der Waals surface area contributed by atoms with Gasteiger partial charge in [-0.05, 0) is 73.0 Å². The molecule has 0 unspecified atom stereocenters. The summed E-state index contributed by atoms with van der Waals surface area (Å²) in [6, 6.07) is 15.6. The first kappa shape index (κ1) is 29.6. The Hall–Kier alpha value is -4.51. The molecule has 44 heavy (non-hydrogen) atoms. The third-order valence-electron chi connectivity index (χ3n) is 8.13. The van der Waals surface area contributed by atoms with Crippen molar-refractivity contribution in [2.45, 2.75) is 32.1 Å². The standard InChI is InChI=1S/C33H31F2N3O5S/c1-4-28(39)31-26-16-25(22-6-5-15-38(19-22)33-36-18-30(43-33)20-7-11-23(34)12-8-20)27(37(2)44(3,40)41)17-29(26)42-32(31)21-9-13-24(35)14-10-21/h7-14,16-18,22H,4-6,15,19H2,1-3H3/t22-/m1/s1. The maximum absolute atomic E-state index is 13.7. The van der Waals surface area contributed by atoms with Gasteiger partial charge in [-0.15, -0.1) is 0 Å². The molecule has 0 bridgehead atoms. The number of oxazole rings is 1. The zero-order valence-corrected chi connectivity index (χ0v) is 25.3. The summed E-state index contributed by atoms with van der Waals surface area (Å²) in [6.45, 7) is 2.93. The Morgan fingerprint density at radius 1 is 1.02 bits per heavy atom. The molecule has 0 aliphatic carbocycles. The van der Waals surface area contributed by atoms with Crippen LogP contribution in [0.5, 0.6) is 0 Å². The number of carbonyl (C=O) groups excluding carboxylic acids is 1. The number of ketones is 1. The molecule has 1 atom stereocenters. The Morgan fingerprint density at radius 3 is 2.32 bits per heavy atom. The van der Waals surface area contributed by atoms with Gasteiger partial charge in [0.15, 0.2) is 11.5 Å². The Bertz CT molecular complexity index is 1950. The second-order valence-corrected chi connectivity index (χ2v) is 13.0. The number of furan rings is 1. The van der Waals surface area contributed by atoms with Gasteiger partial charge >= 0.3 is 0 Å². The lowest BCUT2D eigenvalue weighted by atomic mass is 9.88. The van der Waals surface area contributed by atoms with E-state index in [1.165, 1.54) is 35.6 Å². The molecular formula is C33H31F2N3O5S. The predicted molar refractivity (Wildman–Crippen MR) is 166 cm³/mol. The average Bonchev–Trinajstić information content (AvgIpc) is 3.65. The molecule has 0 saturated carbocycles. The number of Topliss-reactive ketones (excluding diaryl/α,β-unsaturated/α-hetero) is 1. The Morgan fingerprint density at radius 2 is 1.68 bits per heavy atom. The van der Waals surface area contributed by atoms with Gasteiger partial charge in [0, 0.05) is 55.1 Å². The summed E-state index contributed by atoms with van der Waals surface area (Å²) in [6.07, 6.45) is 4.51. The first-order chi connectivity index (χ1) is 21.0. The van der Waals surface area contributed by atoms with Crippen LogP contribution >= 0.6 is 0 Å². The van der Waals surface area contributed by atoms with E-state index in [4.69, 9.17) is 8.83 Å². The van der Waals surface area contributed by atoms with Crippen molar-refractivity contribution in [3.8, 4) is 22.6 Å². The minimum absolute atomic E-state index is 0.137. The largest absolute Gasteiger partial charge is 0.455 e. The molecule has 2 aromatic heterocycles. The number of nitrogens with zero attached hydrogens (tertiary/aromatic N) is 3. The molecule has 1 aliphatic heterocycles. The molecule has 3 heterocycles. The van der Waals surface area contributed by atoms with Gasteiger partial charge in [0.05, 0.1) is 23.7 Å². The molecular weight excluding hydrogens is 588 g/mol. The normalized spacial score (nSPS) is 15.6. The number of hydrogen-bond donors (Lipinski definition) is 0. The summed E-state index contributed by atoms with van der Waals surface area (Å²) >= 11 is 0. The molecule has 5 aromatic rings. The molecule has 0 N–H and O–H groups in total. The zero-order chi connectivity index (χ0) is 31.2. The highest BCUT2D eigenvalue weighted by molar-refractivity contribution is 7.92. The van der Waals surface area contributed by atoms with Crippen LogP contribution in [-0.4, -0.2) is 45.6 Å². The number of sulfonamides is 1. The summed E-state index contributed by atoms with van der Waals surface area (Å²) in [5.74, 6) is -0.208. The molecule has 228 valence electrons. The van der Waals surface area contributed by atoms with Crippen LogP contribution in [0.3, 0.4) is 0 Å². The van der Waals surface area contributed by atoms with E-state index in [0.29, 0.717) is 64.0 Å². The molecule has 0 radical (unpaired) electrons. The maximum Gasteiger partial charge on any atom is 0.297 e. The first-order valence-electron chi connectivity index (χ1n) is 14.3. The van der Waals surface area contributed by atoms with Crippen LogP contribution < -0.4 is 9.21 Å². The number of hydrogen-bond acceptors (Lipinski definition) is 7. The van der Waals surface area contributed by atoms with Crippen molar-refractivity contribution in [2.24, 2.45) is 0 Å². The number of halogens is 2. The van der Waals surface area contributed by atoms with E-state index in [1.54, 1.807) is 43.5 Å². The van der Waals surface area contributed by atoms with Crippen molar-refractivity contribution in [3.05, 3.63) is 89.6 Å². The van der Waals surface area contributed by atoms with Crippen LogP contribution in [-0.2, 0) is 10.0 Å². The predicted octanol–water partition coefficient (Wildman–Crippen LogP) is 7.41. The minimum atomic E-state index is -3.65. The summed E-state index contributed by atoms with van der Waals surface area (Å²) < 4.78 is 66.2. The number of carbonyl (C=O) groups is 1. The van der Waals surface area contributed by atoms with Gasteiger partial charge in [-0.1, -0.05) is 6.92 Å². The van der Waals surface area contributed by atoms with E-state index in [9.17, 15) is 22.0 Å². The molecule has 8 nitrogen and oxygen atoms in total. The van der Waals surface area contributed by atoms with Crippen LogP contribution in [0.4, 0.5) is 20.5 Å². The highest BCUT2D eigenvalue weighted by Crippen LogP contribution is 2.43. The summed E-state index contributed by atoms with van der Waals surface area (Å²) in [7, 11) is -2.16. The quantitative estimate of drug-likeness (QED) is 0.167. The highest BCUT2D eigenvalue weighted by atomic mass is 32.2. The molecule has 1 saturated heterocycles. The summed E-state index contributed by atoms with van der Waals surface area (Å²) in [4.78, 5) is 19.8. The average molecular weight is 620 g/mol. The van der Waals surface area contributed by atoms with Gasteiger partial charge in [0.25, 0.3) is 6.01 Å². The van der Waals surface area contributed by atoms with Gasteiger partial charge in [0.2, 0.25) is 10.0 Å². The Labute approximate surface area is 254 Å². The molecule has 0 spiro atoms. The van der Waals surface area contributed by atoms with E-state index in [2.05, 4.69) is 4.98 Å². The number of aromatic nitrogens is 1. The summed E-state index contributed by atoms with van der Waals surface area (Å²) in [5.41, 5.74) is 3.18. The number of piperidine rings is 1. The van der Waals surface area contributed by atoms with Gasteiger partial charge in [0.1, 0.15) is 23.0 Å². The van der Waals surface area contributed by atoms with Gasteiger partial charge in [-0.2, -0.15) is 0 Å². The monoisotopic (exact) mass is 619 g/mol. The van der Waals surface area contributed by atoms with E-state index < -0.39 is 15.8 Å². The van der Waals surface area contributed by atoms with Crippen LogP contribution in [0.1, 0.15) is 48.0 Å². The molecule has 6 rings (SSSR count). The van der Waals surface area contributed by atoms with E-state index in [1.807, 2.05) is 11.0 Å². The number of rotatable bonds is 8. The fourth-order valence-corrected chi connectivity index (χ4v) is 6.26. The zero-order valence-electron chi connectivity index (χ0n) is 24.5. The van der Waals surface area contributed by atoms with Crippen molar-refractivity contribution in [2.75, 3.05) is 35.6 Å². The third kappa shape index (κ3) is 5.59. The number of anilines is 2. The molecule has 1 aliphatic rings. The lowest BCUT2D eigenvalue weighted by Crippen LogP contribution is -2.35. The second-order valence-electron chi connectivity index (χ2n) is 11.0. The highest BCUT2D eigenvalue weighted by Gasteiger charge is 2.31. The SMILES string of the molecule is CCC(=O)c1c(-c2ccc(F)cc2)oc2cc(N(C)S(C)(=O)=O)c([C@@H]3CCCN(c4ncc(-c5ccc(F)cc5)o4)C3)cc12. The molecule has 11 heteroatoms. The van der Waals surface area contributed by atoms with Crippen molar-refractivity contribution in [3.63, 3.8) is 0 Å². The molecule has 0 amide bonds. The lowest BCUT2D eigenvalue weighted by Gasteiger charge is -2.34. The van der Waals surface area contributed by atoms with Gasteiger partial charge in [-0.25, -0.2) is 22.2 Å². The number of fused-ring (bicyclic) bond motifs is 1. The van der Waals surface area contributed by atoms with Crippen LogP contribution in [0, 0.1) is 11.6 Å². The van der Waals surface area contributed by atoms with Gasteiger partial charge in [-0.3, -0.25) is 9.10 Å². The van der Waals surface area contributed by atoms with E-state index in [-0.39, 0.29) is 23.9 Å². The second kappa shape index (κ2) is 11.5. The van der Waals surface area contributed by atoms with E-state index >= 15 is 0 Å². The van der Waals surface area contributed by atoms with Crippen molar-refractivity contribution in [1.29, 1.82) is 0 Å². The summed E-state index contributed by atoms with van der Waals surface area (Å²) in [5, 5.41) is 0.573. The van der Waals surface area contributed by atoms with Gasteiger partial charge < -0.3 is 13.7 Å². The van der Waals surface area contributed by atoms with Crippen LogP contribution in [0.2, 0.25) is 0 Å². The lowest BCUT2D eigenvalue weighted by molar-refractivity contribution is 0.0989. The fraction of sp³-hybridized carbons (Fsp3) is 0.273. The van der Waals surface area contributed by atoms with E-state index in [0.717, 1.165) is 24.7 Å². The topological polar surface area (TPSA) is 96.9 Å². The minimum Gasteiger partial charge on any atom is -0.455 e. The Kier molecular flexibility index (Phi) is 7.75. The van der Waals surface area contributed by atoms with Crippen molar-refractivity contribution in [1.82, 2.24) is 4.98 Å². The molecule has 3 aromatic carbocycles. The van der Waals surface area contributed by atoms with Crippen LogP contribution in [0.15, 0.2) is 75.7 Å². The first-order valence-corrected chi connectivity index (χ1v) is 16.2. The number of benzene rings is 3. The fourth-order valence-electron chi connectivity index (χ4n) is 5.75.